The predicted molar refractivity (Wildman–Crippen MR) is 73.4 cm³/mol. The Morgan fingerprint density at radius 3 is 2.68 bits per heavy atom. The molecule has 0 saturated carbocycles. The number of aromatic nitrogens is 1. The molecule has 19 heavy (non-hydrogen) atoms. The number of hydrogen-bond donors (Lipinski definition) is 3. The first-order chi connectivity index (χ1) is 8.73. The summed E-state index contributed by atoms with van der Waals surface area (Å²) in [6, 6.07) is 1.14. The highest BCUT2D eigenvalue weighted by Gasteiger charge is 2.17. The van der Waals surface area contributed by atoms with Gasteiger partial charge in [0, 0.05) is 24.2 Å². The molecule has 1 heterocycles. The molecule has 1 amide bonds. The Morgan fingerprint density at radius 2 is 2.16 bits per heavy atom. The second kappa shape index (κ2) is 5.98. The van der Waals surface area contributed by atoms with Gasteiger partial charge in [-0.25, -0.2) is 8.42 Å². The number of amides is 1. The van der Waals surface area contributed by atoms with E-state index in [9.17, 15) is 13.2 Å². The van der Waals surface area contributed by atoms with Crippen LogP contribution in [0.15, 0.2) is 12.3 Å². The van der Waals surface area contributed by atoms with E-state index in [0.29, 0.717) is 11.4 Å². The Bertz CT molecular complexity index is 571. The molecule has 0 fully saturated rings. The van der Waals surface area contributed by atoms with Crippen molar-refractivity contribution < 1.29 is 13.2 Å². The maximum absolute atomic E-state index is 12.0. The molecule has 1 atom stereocenters. The maximum atomic E-state index is 12.0. The monoisotopic (exact) mass is 286 g/mol. The molecule has 1 rings (SSSR count). The fourth-order valence-corrected chi connectivity index (χ4v) is 2.65. The molecule has 1 aromatic heterocycles. The Kier molecular flexibility index (Phi) is 4.84. The second-order valence-corrected chi connectivity index (χ2v) is 6.67. The highest BCUT2D eigenvalue weighted by molar-refractivity contribution is 7.90. The normalized spacial score (nSPS) is 12.8. The number of anilines is 1. The van der Waals surface area contributed by atoms with Crippen LogP contribution in [-0.4, -0.2) is 37.4 Å². The number of rotatable bonds is 5. The fraction of sp³-hybridized carbons (Fsp3) is 0.455. The number of carbonyl (C=O) groups excluding carboxylic acids is 1. The van der Waals surface area contributed by atoms with Crippen LogP contribution < -0.4 is 16.6 Å². The lowest BCUT2D eigenvalue weighted by atomic mass is 10.2. The number of sulfone groups is 1. The van der Waals surface area contributed by atoms with Gasteiger partial charge in [-0.2, -0.15) is 0 Å². The van der Waals surface area contributed by atoms with E-state index in [0.717, 1.165) is 6.26 Å². The lowest BCUT2D eigenvalue weighted by Gasteiger charge is -2.14. The zero-order valence-electron chi connectivity index (χ0n) is 11.1. The third kappa shape index (κ3) is 4.84. The van der Waals surface area contributed by atoms with Crippen molar-refractivity contribution in [2.24, 2.45) is 5.84 Å². The van der Waals surface area contributed by atoms with Crippen LogP contribution in [0.3, 0.4) is 0 Å². The van der Waals surface area contributed by atoms with Gasteiger partial charge in [-0.1, -0.05) is 0 Å². The Labute approximate surface area is 112 Å². The van der Waals surface area contributed by atoms with Crippen LogP contribution in [0.25, 0.3) is 0 Å². The topological polar surface area (TPSA) is 114 Å². The van der Waals surface area contributed by atoms with Crippen molar-refractivity contribution in [3.05, 3.63) is 23.5 Å². The third-order valence-electron chi connectivity index (χ3n) is 2.37. The largest absolute Gasteiger partial charge is 0.348 e. The lowest BCUT2D eigenvalue weighted by Crippen LogP contribution is -2.37. The van der Waals surface area contributed by atoms with Gasteiger partial charge in [0.25, 0.3) is 5.91 Å². The zero-order valence-corrected chi connectivity index (χ0v) is 11.9. The van der Waals surface area contributed by atoms with Gasteiger partial charge in [0.1, 0.15) is 9.84 Å². The van der Waals surface area contributed by atoms with Crippen molar-refractivity contribution >= 4 is 21.4 Å². The molecular formula is C11H18N4O3S. The Hall–Kier alpha value is -1.67. The maximum Gasteiger partial charge on any atom is 0.255 e. The third-order valence-corrected chi connectivity index (χ3v) is 3.48. The van der Waals surface area contributed by atoms with Crippen molar-refractivity contribution in [3.8, 4) is 0 Å². The molecule has 0 aromatic carbocycles. The Balaban J connectivity index is 2.84. The van der Waals surface area contributed by atoms with Crippen LogP contribution in [0.5, 0.6) is 0 Å². The van der Waals surface area contributed by atoms with Gasteiger partial charge in [0.05, 0.1) is 17.0 Å². The van der Waals surface area contributed by atoms with E-state index < -0.39 is 21.8 Å². The molecule has 0 spiro atoms. The average Bonchev–Trinajstić information content (AvgIpc) is 2.25. The van der Waals surface area contributed by atoms with Crippen molar-refractivity contribution in [2.75, 3.05) is 17.4 Å². The van der Waals surface area contributed by atoms with E-state index in [4.69, 9.17) is 5.84 Å². The standard InChI is InChI=1S/C11H18N4O3S/c1-7-4-10(15-12)9(5-13-7)11(16)14-8(2)6-19(3,17)18/h4-5,8H,6,12H2,1-3H3,(H,13,15)(H,14,16). The van der Waals surface area contributed by atoms with Crippen LogP contribution >= 0.6 is 0 Å². The zero-order chi connectivity index (χ0) is 14.6. The molecule has 0 aliphatic rings. The number of hydrazine groups is 1. The van der Waals surface area contributed by atoms with E-state index >= 15 is 0 Å². The number of aryl methyl sites for hydroxylation is 1. The highest BCUT2D eigenvalue weighted by atomic mass is 32.2. The first-order valence-corrected chi connectivity index (χ1v) is 7.71. The van der Waals surface area contributed by atoms with Gasteiger partial charge in [-0.3, -0.25) is 15.6 Å². The quantitative estimate of drug-likeness (QED) is 0.512. The summed E-state index contributed by atoms with van der Waals surface area (Å²) in [4.78, 5) is 16.0. The van der Waals surface area contributed by atoms with Gasteiger partial charge in [-0.05, 0) is 19.9 Å². The van der Waals surface area contributed by atoms with Crippen LogP contribution in [0.4, 0.5) is 5.69 Å². The minimum atomic E-state index is -3.14. The molecule has 0 aliphatic carbocycles. The number of nitrogens with zero attached hydrogens (tertiary/aromatic N) is 1. The summed E-state index contributed by atoms with van der Waals surface area (Å²) in [5, 5.41) is 2.59. The molecule has 0 aliphatic heterocycles. The van der Waals surface area contributed by atoms with Crippen molar-refractivity contribution in [3.63, 3.8) is 0 Å². The molecule has 8 heteroatoms. The van der Waals surface area contributed by atoms with Crippen molar-refractivity contribution in [2.45, 2.75) is 19.9 Å². The van der Waals surface area contributed by atoms with E-state index in [1.807, 2.05) is 0 Å². The molecule has 0 saturated heterocycles. The number of pyridine rings is 1. The van der Waals surface area contributed by atoms with Gasteiger partial charge in [0.15, 0.2) is 0 Å². The van der Waals surface area contributed by atoms with Crippen LogP contribution in [0, 0.1) is 6.92 Å². The van der Waals surface area contributed by atoms with Gasteiger partial charge >= 0.3 is 0 Å². The molecule has 7 nitrogen and oxygen atoms in total. The summed E-state index contributed by atoms with van der Waals surface area (Å²) in [7, 11) is -3.14. The first-order valence-electron chi connectivity index (χ1n) is 5.65. The van der Waals surface area contributed by atoms with Gasteiger partial charge in [0.2, 0.25) is 0 Å². The fourth-order valence-electron chi connectivity index (χ4n) is 1.66. The van der Waals surface area contributed by atoms with Crippen LogP contribution in [0.2, 0.25) is 0 Å². The van der Waals surface area contributed by atoms with E-state index in [-0.39, 0.29) is 11.3 Å². The summed E-state index contributed by atoms with van der Waals surface area (Å²) < 4.78 is 22.3. The van der Waals surface area contributed by atoms with Crippen molar-refractivity contribution in [1.29, 1.82) is 0 Å². The molecule has 4 N–H and O–H groups in total. The molecule has 0 bridgehead atoms. The van der Waals surface area contributed by atoms with E-state index in [1.165, 1.54) is 6.20 Å². The van der Waals surface area contributed by atoms with Crippen LogP contribution in [-0.2, 0) is 9.84 Å². The minimum Gasteiger partial charge on any atom is -0.348 e. The molecule has 1 aromatic rings. The smallest absolute Gasteiger partial charge is 0.255 e. The summed E-state index contributed by atoms with van der Waals surface area (Å²) in [6.45, 7) is 3.39. The van der Waals surface area contributed by atoms with Crippen molar-refractivity contribution in [1.82, 2.24) is 10.3 Å². The summed E-state index contributed by atoms with van der Waals surface area (Å²) in [6.07, 6.45) is 2.52. The Morgan fingerprint density at radius 1 is 1.53 bits per heavy atom. The number of nitrogens with two attached hydrogens (primary N) is 1. The van der Waals surface area contributed by atoms with Gasteiger partial charge < -0.3 is 10.7 Å². The molecular weight excluding hydrogens is 268 g/mol. The van der Waals surface area contributed by atoms with E-state index in [2.05, 4.69) is 15.7 Å². The highest BCUT2D eigenvalue weighted by Crippen LogP contribution is 2.14. The van der Waals surface area contributed by atoms with E-state index in [1.54, 1.807) is 19.9 Å². The number of nitrogens with one attached hydrogen (secondary N) is 2. The average molecular weight is 286 g/mol. The lowest BCUT2D eigenvalue weighted by molar-refractivity contribution is 0.0944. The predicted octanol–water partition coefficient (Wildman–Crippen LogP) is -0.161. The SMILES string of the molecule is Cc1cc(NN)c(C(=O)NC(C)CS(C)(=O)=O)cn1. The number of carbonyl (C=O) groups is 1. The molecule has 106 valence electrons. The molecule has 1 unspecified atom stereocenters. The number of nitrogen functional groups attached to an aromatic ring is 1. The summed E-state index contributed by atoms with van der Waals surface area (Å²) in [5.74, 6) is 4.79. The summed E-state index contributed by atoms with van der Waals surface area (Å²) >= 11 is 0. The minimum absolute atomic E-state index is 0.122. The van der Waals surface area contributed by atoms with Gasteiger partial charge in [-0.15, -0.1) is 0 Å². The second-order valence-electron chi connectivity index (χ2n) is 4.48. The molecule has 0 radical (unpaired) electrons. The summed E-state index contributed by atoms with van der Waals surface area (Å²) in [5.41, 5.74) is 3.85. The first kappa shape index (κ1) is 15.4. The number of hydrogen-bond acceptors (Lipinski definition) is 6. The van der Waals surface area contributed by atoms with Crippen LogP contribution in [0.1, 0.15) is 23.0 Å².